The highest BCUT2D eigenvalue weighted by Crippen LogP contribution is 2.27. The molecule has 0 fully saturated rings. The van der Waals surface area contributed by atoms with E-state index in [0.29, 0.717) is 18.8 Å². The van der Waals surface area contributed by atoms with Crippen LogP contribution in [0.5, 0.6) is 5.75 Å². The van der Waals surface area contributed by atoms with Crippen LogP contribution in [0.3, 0.4) is 0 Å². The van der Waals surface area contributed by atoms with Gasteiger partial charge in [0.15, 0.2) is 0 Å². The molecule has 1 N–H and O–H groups in total. The van der Waals surface area contributed by atoms with Crippen LogP contribution in [0.15, 0.2) is 66.9 Å². The fourth-order valence-electron chi connectivity index (χ4n) is 3.43. The van der Waals surface area contributed by atoms with Gasteiger partial charge in [0.2, 0.25) is 0 Å². The number of benzene rings is 2. The van der Waals surface area contributed by atoms with Crippen LogP contribution in [0.2, 0.25) is 0 Å². The normalized spacial score (nSPS) is 13.0. The quantitative estimate of drug-likeness (QED) is 0.719. The number of carbonyl (C=O) groups excluding carboxylic acids is 1. The van der Waals surface area contributed by atoms with Crippen LogP contribution in [0.4, 0.5) is 11.4 Å². The van der Waals surface area contributed by atoms with Gasteiger partial charge in [0.05, 0.1) is 24.2 Å². The van der Waals surface area contributed by atoms with Crippen molar-refractivity contribution < 1.29 is 9.53 Å². The van der Waals surface area contributed by atoms with Crippen LogP contribution in [0.25, 0.3) is 0 Å². The molecule has 0 bridgehead atoms. The van der Waals surface area contributed by atoms with Gasteiger partial charge in [-0.25, -0.2) is 4.98 Å². The van der Waals surface area contributed by atoms with E-state index >= 15 is 0 Å². The molecule has 5 heteroatoms. The molecule has 5 nitrogen and oxygen atoms in total. The topological polar surface area (TPSA) is 54.5 Å². The molecule has 0 radical (unpaired) electrons. The Morgan fingerprint density at radius 2 is 1.86 bits per heavy atom. The number of hydrogen-bond donors (Lipinski definition) is 1. The Labute approximate surface area is 165 Å². The van der Waals surface area contributed by atoms with Gasteiger partial charge in [0.25, 0.3) is 5.91 Å². The maximum absolute atomic E-state index is 12.8. The second kappa shape index (κ2) is 8.13. The molecule has 1 aliphatic rings. The van der Waals surface area contributed by atoms with Crippen molar-refractivity contribution in [3.8, 4) is 5.75 Å². The van der Waals surface area contributed by atoms with E-state index in [4.69, 9.17) is 4.74 Å². The predicted molar refractivity (Wildman–Crippen MR) is 110 cm³/mol. The summed E-state index contributed by atoms with van der Waals surface area (Å²) < 4.78 is 5.64. The first kappa shape index (κ1) is 18.0. The van der Waals surface area contributed by atoms with Gasteiger partial charge in [-0.1, -0.05) is 36.4 Å². The van der Waals surface area contributed by atoms with Crippen LogP contribution >= 0.6 is 0 Å². The first-order chi connectivity index (χ1) is 13.7. The molecular formula is C23H23N3O2. The second-order valence-corrected chi connectivity index (χ2v) is 6.73. The van der Waals surface area contributed by atoms with E-state index < -0.39 is 0 Å². The molecule has 1 aliphatic heterocycles. The number of amides is 1. The zero-order valence-electron chi connectivity index (χ0n) is 15.9. The average molecular weight is 373 g/mol. The summed E-state index contributed by atoms with van der Waals surface area (Å²) in [5.74, 6) is 0.757. The van der Waals surface area contributed by atoms with Crippen molar-refractivity contribution in [1.29, 1.82) is 0 Å². The highest BCUT2D eigenvalue weighted by Gasteiger charge is 2.22. The Morgan fingerprint density at radius 1 is 1.07 bits per heavy atom. The fraction of sp³-hybridized carbons (Fsp3) is 0.217. The largest absolute Gasteiger partial charge is 0.492 e. The molecule has 0 atom stereocenters. The molecule has 1 aromatic heterocycles. The Bertz CT molecular complexity index is 970. The number of rotatable bonds is 5. The van der Waals surface area contributed by atoms with Crippen molar-refractivity contribution in [3.63, 3.8) is 0 Å². The molecule has 4 rings (SSSR count). The maximum atomic E-state index is 12.8. The Balaban J connectivity index is 1.46. The Kier molecular flexibility index (Phi) is 5.24. The van der Waals surface area contributed by atoms with Crippen LogP contribution in [0, 0.1) is 0 Å². The van der Waals surface area contributed by atoms with Gasteiger partial charge in [-0.3, -0.25) is 4.79 Å². The molecule has 2 aromatic carbocycles. The van der Waals surface area contributed by atoms with Gasteiger partial charge in [0.1, 0.15) is 11.4 Å². The lowest BCUT2D eigenvalue weighted by molar-refractivity contribution is 0.0729. The maximum Gasteiger partial charge on any atom is 0.272 e. The number of carbonyl (C=O) groups is 1. The predicted octanol–water partition coefficient (Wildman–Crippen LogP) is 4.42. The molecule has 0 spiro atoms. The van der Waals surface area contributed by atoms with E-state index in [0.717, 1.165) is 30.1 Å². The number of pyridine rings is 1. The average Bonchev–Trinajstić information content (AvgIpc) is 2.75. The molecule has 0 aliphatic carbocycles. The molecular weight excluding hydrogens is 350 g/mol. The summed E-state index contributed by atoms with van der Waals surface area (Å²) in [7, 11) is 0. The third-order valence-electron chi connectivity index (χ3n) is 4.87. The van der Waals surface area contributed by atoms with Crippen molar-refractivity contribution in [3.05, 3.63) is 83.7 Å². The smallest absolute Gasteiger partial charge is 0.272 e. The van der Waals surface area contributed by atoms with Crippen molar-refractivity contribution in [2.45, 2.75) is 19.9 Å². The van der Waals surface area contributed by atoms with E-state index in [1.807, 2.05) is 54.3 Å². The summed E-state index contributed by atoms with van der Waals surface area (Å²) in [6.07, 6.45) is 2.57. The van der Waals surface area contributed by atoms with Crippen molar-refractivity contribution in [2.24, 2.45) is 0 Å². The third-order valence-corrected chi connectivity index (χ3v) is 4.87. The highest BCUT2D eigenvalue weighted by atomic mass is 16.5. The number of nitrogens with one attached hydrogen (secondary N) is 1. The van der Waals surface area contributed by atoms with Gasteiger partial charge in [0, 0.05) is 13.1 Å². The van der Waals surface area contributed by atoms with Crippen LogP contribution in [-0.4, -0.2) is 28.9 Å². The summed E-state index contributed by atoms with van der Waals surface area (Å²) in [6, 6.07) is 19.7. The van der Waals surface area contributed by atoms with E-state index in [2.05, 4.69) is 22.4 Å². The van der Waals surface area contributed by atoms with E-state index in [9.17, 15) is 4.79 Å². The van der Waals surface area contributed by atoms with Gasteiger partial charge in [-0.15, -0.1) is 0 Å². The summed E-state index contributed by atoms with van der Waals surface area (Å²) in [6.45, 7) is 3.92. The first-order valence-corrected chi connectivity index (χ1v) is 9.55. The summed E-state index contributed by atoms with van der Waals surface area (Å²) in [5, 5.41) is 3.30. The van der Waals surface area contributed by atoms with Crippen LogP contribution in [0.1, 0.15) is 28.5 Å². The minimum absolute atomic E-state index is 0.0317. The lowest BCUT2D eigenvalue weighted by atomic mass is 10.00. The van der Waals surface area contributed by atoms with Crippen molar-refractivity contribution in [1.82, 2.24) is 9.88 Å². The number of para-hydroxylation sites is 2. The monoisotopic (exact) mass is 373 g/mol. The number of ether oxygens (including phenoxy) is 1. The lowest BCUT2D eigenvalue weighted by Crippen LogP contribution is -2.36. The molecule has 0 saturated heterocycles. The summed E-state index contributed by atoms with van der Waals surface area (Å²) >= 11 is 0. The van der Waals surface area contributed by atoms with Gasteiger partial charge < -0.3 is 15.0 Å². The number of fused-ring (bicyclic) bond motifs is 1. The molecule has 3 aromatic rings. The van der Waals surface area contributed by atoms with E-state index in [-0.39, 0.29) is 5.91 Å². The lowest BCUT2D eigenvalue weighted by Gasteiger charge is -2.28. The highest BCUT2D eigenvalue weighted by molar-refractivity contribution is 5.92. The molecule has 28 heavy (non-hydrogen) atoms. The molecule has 2 heterocycles. The minimum Gasteiger partial charge on any atom is -0.492 e. The first-order valence-electron chi connectivity index (χ1n) is 9.55. The minimum atomic E-state index is -0.0317. The van der Waals surface area contributed by atoms with Crippen molar-refractivity contribution in [2.75, 3.05) is 18.5 Å². The van der Waals surface area contributed by atoms with Crippen molar-refractivity contribution >= 4 is 17.3 Å². The third kappa shape index (κ3) is 3.83. The SMILES string of the molecule is CCOc1ccccc1Nc1ccc(C(=O)N2CCc3ccccc3C2)nc1. The number of anilines is 2. The molecule has 142 valence electrons. The molecule has 1 amide bonds. The summed E-state index contributed by atoms with van der Waals surface area (Å²) in [4.78, 5) is 19.1. The zero-order chi connectivity index (χ0) is 19.3. The number of nitrogens with zero attached hydrogens (tertiary/aromatic N) is 2. The molecule has 0 unspecified atom stereocenters. The van der Waals surface area contributed by atoms with Gasteiger partial charge >= 0.3 is 0 Å². The number of aromatic nitrogens is 1. The Morgan fingerprint density at radius 3 is 2.64 bits per heavy atom. The van der Waals surface area contributed by atoms with E-state index in [1.165, 1.54) is 11.1 Å². The van der Waals surface area contributed by atoms with Crippen LogP contribution < -0.4 is 10.1 Å². The molecule has 0 saturated carbocycles. The zero-order valence-corrected chi connectivity index (χ0v) is 15.9. The summed E-state index contributed by atoms with van der Waals surface area (Å²) in [5.41, 5.74) is 4.69. The standard InChI is InChI=1S/C23H23N3O2/c1-2-28-22-10-6-5-9-20(22)25-19-11-12-21(24-15-19)23(27)26-14-13-17-7-3-4-8-18(17)16-26/h3-12,15,25H,2,13-14,16H2,1H3. The van der Waals surface area contributed by atoms with Gasteiger partial charge in [-0.05, 0) is 48.7 Å². The second-order valence-electron chi connectivity index (χ2n) is 6.73. The van der Waals surface area contributed by atoms with E-state index in [1.54, 1.807) is 12.3 Å². The Hall–Kier alpha value is -3.34. The van der Waals surface area contributed by atoms with Gasteiger partial charge in [-0.2, -0.15) is 0 Å². The fourth-order valence-corrected chi connectivity index (χ4v) is 3.43. The van der Waals surface area contributed by atoms with Crippen LogP contribution in [-0.2, 0) is 13.0 Å². The number of hydrogen-bond acceptors (Lipinski definition) is 4.